The Labute approximate surface area is 183 Å². The van der Waals surface area contributed by atoms with E-state index in [1.165, 1.54) is 6.42 Å². The summed E-state index contributed by atoms with van der Waals surface area (Å²) in [4.78, 5) is 30.2. The number of carbonyl (C=O) groups excluding carboxylic acids is 2. The molecule has 4 rings (SSSR count). The van der Waals surface area contributed by atoms with E-state index in [4.69, 9.17) is 4.98 Å². The molecular weight excluding hydrogens is 388 g/mol. The Balaban J connectivity index is 1.50. The van der Waals surface area contributed by atoms with Gasteiger partial charge in [0.05, 0.1) is 17.6 Å². The molecule has 2 N–H and O–H groups in total. The summed E-state index contributed by atoms with van der Waals surface area (Å²) in [6.45, 7) is 2.54. The molecule has 2 amide bonds. The van der Waals surface area contributed by atoms with Gasteiger partial charge in [0.1, 0.15) is 12.4 Å². The van der Waals surface area contributed by atoms with Gasteiger partial charge in [-0.1, -0.05) is 56.5 Å². The van der Waals surface area contributed by atoms with Crippen LogP contribution in [0.2, 0.25) is 0 Å². The highest BCUT2D eigenvalue weighted by molar-refractivity contribution is 5.92. The molecule has 0 radical (unpaired) electrons. The zero-order chi connectivity index (χ0) is 21.6. The Morgan fingerprint density at radius 2 is 1.77 bits per heavy atom. The summed E-state index contributed by atoms with van der Waals surface area (Å²) in [5, 5.41) is 6.09. The first-order chi connectivity index (χ1) is 15.2. The van der Waals surface area contributed by atoms with Gasteiger partial charge in [0.25, 0.3) is 0 Å². The van der Waals surface area contributed by atoms with Crippen molar-refractivity contribution in [2.75, 3.05) is 5.32 Å². The van der Waals surface area contributed by atoms with Crippen molar-refractivity contribution in [3.63, 3.8) is 0 Å². The highest BCUT2D eigenvalue weighted by Gasteiger charge is 2.22. The molecular formula is C25H30N4O2. The van der Waals surface area contributed by atoms with Gasteiger partial charge in [-0.25, -0.2) is 4.98 Å². The molecule has 6 nitrogen and oxygen atoms in total. The van der Waals surface area contributed by atoms with E-state index in [1.54, 1.807) is 0 Å². The maximum atomic E-state index is 12.9. The molecule has 1 aliphatic carbocycles. The van der Waals surface area contributed by atoms with Gasteiger partial charge in [-0.2, -0.15) is 0 Å². The van der Waals surface area contributed by atoms with Crippen LogP contribution in [-0.4, -0.2) is 21.4 Å². The van der Waals surface area contributed by atoms with Crippen LogP contribution in [0.5, 0.6) is 0 Å². The third-order valence-electron chi connectivity index (χ3n) is 6.10. The number of anilines is 1. The lowest BCUT2D eigenvalue weighted by atomic mass is 9.89. The van der Waals surface area contributed by atoms with Crippen molar-refractivity contribution in [1.29, 1.82) is 0 Å². The number of aromatic nitrogens is 2. The van der Waals surface area contributed by atoms with Crippen molar-refractivity contribution >= 4 is 28.5 Å². The Morgan fingerprint density at radius 3 is 2.58 bits per heavy atom. The average Bonchev–Trinajstić information content (AvgIpc) is 3.15. The number of nitrogens with one attached hydrogen (secondary N) is 2. The SMILES string of the molecule is CCc1ccccc1NC(=O)Cn1c(CNC(=O)C2CCCCC2)nc2ccccc21. The minimum Gasteiger partial charge on any atom is -0.349 e. The van der Waals surface area contributed by atoms with Crippen LogP contribution in [-0.2, 0) is 29.1 Å². The molecule has 1 saturated carbocycles. The summed E-state index contributed by atoms with van der Waals surface area (Å²) >= 11 is 0. The third-order valence-corrected chi connectivity index (χ3v) is 6.10. The Hall–Kier alpha value is -3.15. The monoisotopic (exact) mass is 418 g/mol. The van der Waals surface area contributed by atoms with Gasteiger partial charge >= 0.3 is 0 Å². The van der Waals surface area contributed by atoms with Gasteiger partial charge in [-0.15, -0.1) is 0 Å². The number of imidazole rings is 1. The van der Waals surface area contributed by atoms with Gasteiger partial charge in [-0.05, 0) is 43.0 Å². The van der Waals surface area contributed by atoms with E-state index in [-0.39, 0.29) is 24.3 Å². The quantitative estimate of drug-likeness (QED) is 0.596. The van der Waals surface area contributed by atoms with Crippen LogP contribution in [0, 0.1) is 5.92 Å². The van der Waals surface area contributed by atoms with E-state index in [9.17, 15) is 9.59 Å². The average molecular weight is 419 g/mol. The fraction of sp³-hybridized carbons (Fsp3) is 0.400. The number of nitrogens with zero attached hydrogens (tertiary/aromatic N) is 2. The summed E-state index contributed by atoms with van der Waals surface area (Å²) in [6, 6.07) is 15.6. The number of carbonyl (C=O) groups is 2. The van der Waals surface area contributed by atoms with Crippen LogP contribution in [0.15, 0.2) is 48.5 Å². The van der Waals surface area contributed by atoms with Crippen LogP contribution >= 0.6 is 0 Å². The van der Waals surface area contributed by atoms with Gasteiger partial charge in [0.2, 0.25) is 11.8 Å². The summed E-state index contributed by atoms with van der Waals surface area (Å²) in [5.74, 6) is 0.785. The lowest BCUT2D eigenvalue weighted by Crippen LogP contribution is -2.32. The molecule has 1 aromatic heterocycles. The minimum absolute atomic E-state index is 0.0969. The Bertz CT molecular complexity index is 1070. The van der Waals surface area contributed by atoms with Gasteiger partial charge in [-0.3, -0.25) is 9.59 Å². The summed E-state index contributed by atoms with van der Waals surface area (Å²) < 4.78 is 1.90. The number of para-hydroxylation sites is 3. The fourth-order valence-electron chi connectivity index (χ4n) is 4.40. The van der Waals surface area contributed by atoms with E-state index in [0.29, 0.717) is 12.4 Å². The van der Waals surface area contributed by atoms with Gasteiger partial charge in [0, 0.05) is 11.6 Å². The molecule has 2 aromatic carbocycles. The molecule has 1 fully saturated rings. The van der Waals surface area contributed by atoms with Crippen molar-refractivity contribution in [2.24, 2.45) is 5.92 Å². The first-order valence-corrected chi connectivity index (χ1v) is 11.3. The van der Waals surface area contributed by atoms with Crippen LogP contribution in [0.1, 0.15) is 50.4 Å². The van der Waals surface area contributed by atoms with Crippen molar-refractivity contribution in [3.8, 4) is 0 Å². The molecule has 0 spiro atoms. The zero-order valence-electron chi connectivity index (χ0n) is 18.1. The smallest absolute Gasteiger partial charge is 0.244 e. The molecule has 0 aliphatic heterocycles. The van der Waals surface area contributed by atoms with Crippen molar-refractivity contribution in [2.45, 2.75) is 58.5 Å². The van der Waals surface area contributed by atoms with Gasteiger partial charge in [0.15, 0.2) is 0 Å². The standard InChI is InChI=1S/C25H30N4O2/c1-2-18-10-6-7-13-20(18)28-24(30)17-29-22-15-9-8-14-21(22)27-23(29)16-26-25(31)19-11-4-3-5-12-19/h6-10,13-15,19H,2-5,11-12,16-17H2,1H3,(H,26,31)(H,28,30). The lowest BCUT2D eigenvalue weighted by molar-refractivity contribution is -0.126. The van der Waals surface area contributed by atoms with Crippen LogP contribution in [0.3, 0.4) is 0 Å². The molecule has 0 bridgehead atoms. The largest absolute Gasteiger partial charge is 0.349 e. The maximum Gasteiger partial charge on any atom is 0.244 e. The molecule has 1 aliphatic rings. The minimum atomic E-state index is -0.107. The summed E-state index contributed by atoms with van der Waals surface area (Å²) in [7, 11) is 0. The van der Waals surface area contributed by atoms with Crippen molar-refractivity contribution in [3.05, 3.63) is 59.9 Å². The number of aryl methyl sites for hydroxylation is 1. The molecule has 0 saturated heterocycles. The van der Waals surface area contributed by atoms with Gasteiger partial charge < -0.3 is 15.2 Å². The number of benzene rings is 2. The van der Waals surface area contributed by atoms with E-state index in [1.807, 2.05) is 53.1 Å². The Kier molecular flexibility index (Phi) is 6.65. The first-order valence-electron chi connectivity index (χ1n) is 11.3. The van der Waals surface area contributed by atoms with Crippen molar-refractivity contribution in [1.82, 2.24) is 14.9 Å². The molecule has 0 unspecified atom stereocenters. The van der Waals surface area contributed by atoms with E-state index in [2.05, 4.69) is 17.6 Å². The van der Waals surface area contributed by atoms with Crippen LogP contribution in [0.4, 0.5) is 5.69 Å². The molecule has 1 heterocycles. The third kappa shape index (κ3) is 4.95. The number of fused-ring (bicyclic) bond motifs is 1. The normalized spacial score (nSPS) is 14.5. The number of rotatable bonds is 7. The molecule has 31 heavy (non-hydrogen) atoms. The molecule has 0 atom stereocenters. The molecule has 6 heteroatoms. The number of hydrogen-bond acceptors (Lipinski definition) is 3. The lowest BCUT2D eigenvalue weighted by Gasteiger charge is -2.20. The van der Waals surface area contributed by atoms with Crippen LogP contribution in [0.25, 0.3) is 11.0 Å². The topological polar surface area (TPSA) is 76.0 Å². The van der Waals surface area contributed by atoms with Crippen LogP contribution < -0.4 is 10.6 Å². The van der Waals surface area contributed by atoms with E-state index >= 15 is 0 Å². The van der Waals surface area contributed by atoms with E-state index < -0.39 is 0 Å². The highest BCUT2D eigenvalue weighted by atomic mass is 16.2. The zero-order valence-corrected chi connectivity index (χ0v) is 18.1. The molecule has 3 aromatic rings. The maximum absolute atomic E-state index is 12.9. The number of amides is 2. The second-order valence-corrected chi connectivity index (χ2v) is 8.21. The predicted molar refractivity (Wildman–Crippen MR) is 123 cm³/mol. The highest BCUT2D eigenvalue weighted by Crippen LogP contribution is 2.24. The van der Waals surface area contributed by atoms with E-state index in [0.717, 1.165) is 54.4 Å². The summed E-state index contributed by atoms with van der Waals surface area (Å²) in [6.07, 6.45) is 6.23. The summed E-state index contributed by atoms with van der Waals surface area (Å²) in [5.41, 5.74) is 3.66. The first kappa shape index (κ1) is 21.1. The Morgan fingerprint density at radius 1 is 1.03 bits per heavy atom. The predicted octanol–water partition coefficient (Wildman–Crippen LogP) is 4.43. The van der Waals surface area contributed by atoms with Crippen molar-refractivity contribution < 1.29 is 9.59 Å². The second-order valence-electron chi connectivity index (χ2n) is 8.21. The fourth-order valence-corrected chi connectivity index (χ4v) is 4.40. The second kappa shape index (κ2) is 9.77. The number of hydrogen-bond donors (Lipinski definition) is 2. The molecule has 162 valence electrons.